The minimum absolute atomic E-state index is 0.0263. The number of aromatic hydroxyl groups is 1. The predicted octanol–water partition coefficient (Wildman–Crippen LogP) is 3.32. The maximum absolute atomic E-state index is 14.0. The Morgan fingerprint density at radius 1 is 1.00 bits per heavy atom. The molecule has 13 heteroatoms. The van der Waals surface area contributed by atoms with Gasteiger partial charge in [0.05, 0.1) is 29.3 Å². The van der Waals surface area contributed by atoms with Crippen LogP contribution in [0.4, 0.5) is 4.79 Å². The first kappa shape index (κ1) is 36.5. The number of imide groups is 1. The molecule has 1 aliphatic heterocycles. The van der Waals surface area contributed by atoms with Gasteiger partial charge in [-0.3, -0.25) is 19.5 Å². The van der Waals surface area contributed by atoms with Crippen LogP contribution in [0.15, 0.2) is 77.8 Å². The molecule has 4 rings (SSSR count). The van der Waals surface area contributed by atoms with Crippen LogP contribution in [0.25, 0.3) is 0 Å². The molecule has 12 nitrogen and oxygen atoms in total. The second-order valence-electron chi connectivity index (χ2n) is 12.9. The monoisotopic (exact) mass is 679 g/mol. The number of urea groups is 1. The van der Waals surface area contributed by atoms with E-state index >= 15 is 0 Å². The van der Waals surface area contributed by atoms with Crippen molar-refractivity contribution >= 4 is 27.9 Å². The first-order chi connectivity index (χ1) is 22.7. The number of phenolic OH excluding ortho intramolecular Hbond substituents is 1. The van der Waals surface area contributed by atoms with Crippen LogP contribution in [0.1, 0.15) is 44.5 Å². The van der Waals surface area contributed by atoms with Crippen molar-refractivity contribution in [2.45, 2.75) is 70.7 Å². The molecule has 1 saturated heterocycles. The minimum atomic E-state index is -4.11. The van der Waals surface area contributed by atoms with Gasteiger partial charge in [0.25, 0.3) is 5.91 Å². The Labute approximate surface area is 282 Å². The molecular weight excluding hydrogens is 634 g/mol. The van der Waals surface area contributed by atoms with Crippen molar-refractivity contribution < 1.29 is 33.0 Å². The van der Waals surface area contributed by atoms with Crippen molar-refractivity contribution in [2.75, 3.05) is 19.6 Å². The number of nitrogens with one attached hydrogen (secondary N) is 1. The highest BCUT2D eigenvalue weighted by molar-refractivity contribution is 7.89. The second-order valence-corrected chi connectivity index (χ2v) is 14.9. The normalized spacial score (nSPS) is 15.8. The Bertz CT molecular complexity index is 1690. The second kappa shape index (κ2) is 15.7. The van der Waals surface area contributed by atoms with Crippen LogP contribution in [0.2, 0.25) is 0 Å². The molecule has 3 aromatic rings. The third-order valence-corrected chi connectivity index (χ3v) is 10.0. The average Bonchev–Trinajstić information content (AvgIpc) is 3.30. The number of aryl methyl sites for hydroxylation is 1. The van der Waals surface area contributed by atoms with Crippen molar-refractivity contribution in [3.8, 4) is 5.75 Å². The molecule has 0 aliphatic carbocycles. The van der Waals surface area contributed by atoms with Gasteiger partial charge >= 0.3 is 6.03 Å². The van der Waals surface area contributed by atoms with Crippen LogP contribution >= 0.6 is 0 Å². The Balaban J connectivity index is 1.60. The Morgan fingerprint density at radius 3 is 2.29 bits per heavy atom. The van der Waals surface area contributed by atoms with Crippen LogP contribution in [-0.4, -0.2) is 93.4 Å². The van der Waals surface area contributed by atoms with E-state index in [2.05, 4.69) is 10.3 Å². The van der Waals surface area contributed by atoms with Gasteiger partial charge in [-0.05, 0) is 66.6 Å². The van der Waals surface area contributed by atoms with Crippen molar-refractivity contribution in [1.82, 2.24) is 24.4 Å². The van der Waals surface area contributed by atoms with Gasteiger partial charge in [0.2, 0.25) is 15.9 Å². The lowest BCUT2D eigenvalue weighted by molar-refractivity contribution is -0.129. The van der Waals surface area contributed by atoms with Gasteiger partial charge in [0, 0.05) is 19.3 Å². The lowest BCUT2D eigenvalue weighted by Crippen LogP contribution is -2.57. The number of aliphatic hydroxyl groups excluding tert-OH is 1. The summed E-state index contributed by atoms with van der Waals surface area (Å²) in [6.07, 6.45) is 0.385. The minimum Gasteiger partial charge on any atom is -0.508 e. The van der Waals surface area contributed by atoms with Crippen LogP contribution in [0, 0.1) is 18.8 Å². The van der Waals surface area contributed by atoms with Gasteiger partial charge in [0.1, 0.15) is 18.3 Å². The Hall–Kier alpha value is -4.33. The summed E-state index contributed by atoms with van der Waals surface area (Å²) in [5.41, 5.74) is 1.72. The molecule has 0 saturated carbocycles. The SMILES string of the molecule is Cc1cc(S(=O)(=O)N(CC(C)C)C[C@H](O)[C@H](Cc2ccccc2)NC(=O)[C@H](C(C)C)N2CC(=O)N(Cc3ccccn3)C2=O)ccc1O. The Morgan fingerprint density at radius 2 is 1.69 bits per heavy atom. The summed E-state index contributed by atoms with van der Waals surface area (Å²) < 4.78 is 28.9. The first-order valence-corrected chi connectivity index (χ1v) is 17.5. The highest BCUT2D eigenvalue weighted by Gasteiger charge is 2.44. The molecule has 1 aromatic heterocycles. The fourth-order valence-corrected chi connectivity index (χ4v) is 7.47. The van der Waals surface area contributed by atoms with Gasteiger partial charge in [-0.25, -0.2) is 13.2 Å². The number of hydrogen-bond donors (Lipinski definition) is 3. The van der Waals surface area contributed by atoms with Gasteiger partial charge < -0.3 is 20.4 Å². The lowest BCUT2D eigenvalue weighted by atomic mass is 9.97. The summed E-state index contributed by atoms with van der Waals surface area (Å²) in [4.78, 5) is 47.0. The number of hydrogen-bond acceptors (Lipinski definition) is 8. The molecule has 4 amide bonds. The number of nitrogens with zero attached hydrogens (tertiary/aromatic N) is 4. The number of pyridine rings is 1. The maximum Gasteiger partial charge on any atom is 0.328 e. The first-order valence-electron chi connectivity index (χ1n) is 16.0. The van der Waals surface area contributed by atoms with Crippen molar-refractivity contribution in [3.05, 3.63) is 89.7 Å². The van der Waals surface area contributed by atoms with E-state index in [1.165, 1.54) is 27.4 Å². The molecule has 3 N–H and O–H groups in total. The van der Waals surface area contributed by atoms with Crippen LogP contribution in [-0.2, 0) is 32.6 Å². The van der Waals surface area contributed by atoms with Crippen molar-refractivity contribution in [1.29, 1.82) is 0 Å². The van der Waals surface area contributed by atoms with E-state index in [4.69, 9.17) is 0 Å². The van der Waals surface area contributed by atoms with Crippen molar-refractivity contribution in [2.24, 2.45) is 11.8 Å². The number of carbonyl (C=O) groups is 3. The molecule has 0 radical (unpaired) electrons. The highest BCUT2D eigenvalue weighted by atomic mass is 32.2. The quantitative estimate of drug-likeness (QED) is 0.206. The smallest absolute Gasteiger partial charge is 0.328 e. The van der Waals surface area contributed by atoms with E-state index in [9.17, 15) is 33.0 Å². The molecule has 0 unspecified atom stereocenters. The molecule has 48 heavy (non-hydrogen) atoms. The maximum atomic E-state index is 14.0. The number of amides is 4. The van der Waals surface area contributed by atoms with Gasteiger partial charge in [-0.1, -0.05) is 64.1 Å². The zero-order valence-electron chi connectivity index (χ0n) is 28.0. The summed E-state index contributed by atoms with van der Waals surface area (Å²) in [6, 6.07) is 15.8. The fraction of sp³-hybridized carbons (Fsp3) is 0.429. The zero-order chi connectivity index (χ0) is 35.2. The summed E-state index contributed by atoms with van der Waals surface area (Å²) in [7, 11) is -4.11. The van der Waals surface area contributed by atoms with E-state index < -0.39 is 52.0 Å². The standard InChI is InChI=1S/C35H45N5O7S/c1-23(2)19-38(48(46,47)28-14-15-30(41)25(5)17-28)21-31(42)29(18-26-11-7-6-8-12-26)37-34(44)33(24(3)4)40-22-32(43)39(35(40)45)20-27-13-9-10-16-36-27/h6-17,23-24,29,31,33,41-42H,18-22H2,1-5H3,(H,37,44)/t29-,31-,33-/m0/s1. The summed E-state index contributed by atoms with van der Waals surface area (Å²) in [6.45, 7) is 8.30. The van der Waals surface area contributed by atoms with Gasteiger partial charge in [0.15, 0.2) is 0 Å². The molecule has 0 bridgehead atoms. The van der Waals surface area contributed by atoms with Gasteiger partial charge in [-0.2, -0.15) is 4.31 Å². The lowest BCUT2D eigenvalue weighted by Gasteiger charge is -2.34. The largest absolute Gasteiger partial charge is 0.508 e. The van der Waals surface area contributed by atoms with E-state index in [1.54, 1.807) is 45.2 Å². The van der Waals surface area contributed by atoms with Gasteiger partial charge in [-0.15, -0.1) is 0 Å². The summed E-state index contributed by atoms with van der Waals surface area (Å²) >= 11 is 0. The third-order valence-electron chi connectivity index (χ3n) is 8.22. The topological polar surface area (TPSA) is 160 Å². The number of aromatic nitrogens is 1. The van der Waals surface area contributed by atoms with Crippen LogP contribution in [0.3, 0.4) is 0 Å². The van der Waals surface area contributed by atoms with Crippen LogP contribution < -0.4 is 5.32 Å². The predicted molar refractivity (Wildman–Crippen MR) is 180 cm³/mol. The van der Waals surface area contributed by atoms with E-state index in [0.29, 0.717) is 11.3 Å². The summed E-state index contributed by atoms with van der Waals surface area (Å²) in [5, 5.41) is 24.6. The molecule has 2 aromatic carbocycles. The number of sulfonamides is 1. The number of benzene rings is 2. The number of phenols is 1. The number of rotatable bonds is 15. The molecule has 3 atom stereocenters. The Kier molecular flexibility index (Phi) is 11.9. The van der Waals surface area contributed by atoms with Crippen LogP contribution in [0.5, 0.6) is 5.75 Å². The molecule has 0 spiro atoms. The molecule has 1 aliphatic rings. The zero-order valence-corrected chi connectivity index (χ0v) is 28.8. The summed E-state index contributed by atoms with van der Waals surface area (Å²) in [5.74, 6) is -1.55. The average molecular weight is 680 g/mol. The van der Waals surface area contributed by atoms with E-state index in [0.717, 1.165) is 10.5 Å². The molecule has 2 heterocycles. The highest BCUT2D eigenvalue weighted by Crippen LogP contribution is 2.25. The fourth-order valence-electron chi connectivity index (χ4n) is 5.76. The molecule has 258 valence electrons. The number of aliphatic hydroxyl groups is 1. The van der Waals surface area contributed by atoms with Crippen molar-refractivity contribution in [3.63, 3.8) is 0 Å². The molecular formula is C35H45N5O7S. The van der Waals surface area contributed by atoms with E-state index in [-0.39, 0.29) is 49.2 Å². The van der Waals surface area contributed by atoms with E-state index in [1.807, 2.05) is 44.2 Å². The number of carbonyl (C=O) groups excluding carboxylic acids is 3. The molecule has 1 fully saturated rings. The third kappa shape index (κ3) is 8.77.